The van der Waals surface area contributed by atoms with Crippen molar-refractivity contribution in [3.05, 3.63) is 29.0 Å². The molecule has 0 bridgehead atoms. The predicted octanol–water partition coefficient (Wildman–Crippen LogP) is 4.08. The van der Waals surface area contributed by atoms with Crippen LogP contribution in [-0.4, -0.2) is 12.9 Å². The first-order chi connectivity index (χ1) is 7.77. The fourth-order valence-corrected chi connectivity index (χ4v) is 2.27. The first kappa shape index (κ1) is 13.0. The van der Waals surface area contributed by atoms with E-state index in [1.54, 1.807) is 7.11 Å². The van der Waals surface area contributed by atoms with E-state index in [4.69, 9.17) is 4.74 Å². The average Bonchev–Trinajstić information content (AvgIpc) is 2.77. The zero-order valence-electron chi connectivity index (χ0n) is 9.70. The van der Waals surface area contributed by atoms with E-state index in [2.05, 4.69) is 6.58 Å². The summed E-state index contributed by atoms with van der Waals surface area (Å²) in [6.45, 7) is 3.67. The molecule has 0 aliphatic heterocycles. The molecule has 0 saturated carbocycles. The molecule has 0 amide bonds. The molecule has 0 aromatic carbocycles. The lowest BCUT2D eigenvalue weighted by atomic mass is 10.1. The summed E-state index contributed by atoms with van der Waals surface area (Å²) in [7, 11) is 1.62. The maximum Gasteiger partial charge on any atom is 0.172 e. The summed E-state index contributed by atoms with van der Waals surface area (Å²) in [6.07, 6.45) is 6.80. The third kappa shape index (κ3) is 4.19. The zero-order chi connectivity index (χ0) is 11.8. The van der Waals surface area contributed by atoms with Crippen LogP contribution < -0.4 is 4.74 Å². The first-order valence-electron chi connectivity index (χ1n) is 5.54. The van der Waals surface area contributed by atoms with Crippen LogP contribution in [0, 0.1) is 0 Å². The van der Waals surface area contributed by atoms with Crippen molar-refractivity contribution < 1.29 is 9.53 Å². The Bertz CT molecular complexity index is 341. The molecule has 2 nitrogen and oxygen atoms in total. The first-order valence-corrected chi connectivity index (χ1v) is 6.42. The van der Waals surface area contributed by atoms with Crippen molar-refractivity contribution in [1.29, 1.82) is 0 Å². The standard InChI is InChI=1S/C13H18O2S/c1-3-4-5-6-7-8-12(14)13-9-11(15-2)10-16-13/h3,9-10H,1,4-8H2,2H3. The van der Waals surface area contributed by atoms with Crippen molar-refractivity contribution in [3.63, 3.8) is 0 Å². The summed E-state index contributed by atoms with van der Waals surface area (Å²) in [6, 6.07) is 1.82. The number of methoxy groups -OCH3 is 1. The number of hydrogen-bond donors (Lipinski definition) is 0. The highest BCUT2D eigenvalue weighted by Crippen LogP contribution is 2.23. The molecule has 1 heterocycles. The molecule has 0 unspecified atom stereocenters. The van der Waals surface area contributed by atoms with E-state index in [1.165, 1.54) is 11.3 Å². The van der Waals surface area contributed by atoms with Crippen LogP contribution in [0.2, 0.25) is 0 Å². The van der Waals surface area contributed by atoms with Crippen LogP contribution >= 0.6 is 11.3 Å². The van der Waals surface area contributed by atoms with Crippen LogP contribution in [0.4, 0.5) is 0 Å². The Morgan fingerprint density at radius 3 is 2.94 bits per heavy atom. The summed E-state index contributed by atoms with van der Waals surface area (Å²) in [5, 5.41) is 1.87. The minimum atomic E-state index is 0.229. The van der Waals surface area contributed by atoms with E-state index in [0.717, 1.165) is 36.3 Å². The van der Waals surface area contributed by atoms with Crippen LogP contribution in [0.25, 0.3) is 0 Å². The maximum absolute atomic E-state index is 11.7. The largest absolute Gasteiger partial charge is 0.496 e. The molecule has 16 heavy (non-hydrogen) atoms. The number of carbonyl (C=O) groups is 1. The average molecular weight is 238 g/mol. The number of hydrogen-bond acceptors (Lipinski definition) is 3. The smallest absolute Gasteiger partial charge is 0.172 e. The van der Waals surface area contributed by atoms with E-state index in [9.17, 15) is 4.79 Å². The lowest BCUT2D eigenvalue weighted by Gasteiger charge is -1.97. The van der Waals surface area contributed by atoms with Gasteiger partial charge in [-0.3, -0.25) is 4.79 Å². The van der Waals surface area contributed by atoms with Crippen molar-refractivity contribution in [2.45, 2.75) is 32.1 Å². The topological polar surface area (TPSA) is 26.3 Å². The minimum Gasteiger partial charge on any atom is -0.496 e. The third-order valence-corrected chi connectivity index (χ3v) is 3.35. The molecule has 0 spiro atoms. The molecule has 3 heteroatoms. The van der Waals surface area contributed by atoms with Gasteiger partial charge in [-0.2, -0.15) is 0 Å². The summed E-state index contributed by atoms with van der Waals surface area (Å²) >= 11 is 1.46. The van der Waals surface area contributed by atoms with Gasteiger partial charge in [0.05, 0.1) is 12.0 Å². The monoisotopic (exact) mass is 238 g/mol. The number of carbonyl (C=O) groups excluding carboxylic acids is 1. The van der Waals surface area contributed by atoms with Crippen molar-refractivity contribution in [1.82, 2.24) is 0 Å². The van der Waals surface area contributed by atoms with Gasteiger partial charge in [-0.25, -0.2) is 0 Å². The molecule has 1 aromatic rings. The van der Waals surface area contributed by atoms with Gasteiger partial charge >= 0.3 is 0 Å². The quantitative estimate of drug-likeness (QED) is 0.387. The molecular formula is C13H18O2S. The zero-order valence-corrected chi connectivity index (χ0v) is 10.5. The Hall–Kier alpha value is -1.09. The van der Waals surface area contributed by atoms with Crippen LogP contribution in [0.5, 0.6) is 5.75 Å². The number of unbranched alkanes of at least 4 members (excludes halogenated alkanes) is 3. The van der Waals surface area contributed by atoms with Crippen molar-refractivity contribution in [2.75, 3.05) is 7.11 Å². The molecule has 0 radical (unpaired) electrons. The van der Waals surface area contributed by atoms with Crippen molar-refractivity contribution in [2.24, 2.45) is 0 Å². The number of allylic oxidation sites excluding steroid dienone is 1. The summed E-state index contributed by atoms with van der Waals surface area (Å²) in [5.41, 5.74) is 0. The van der Waals surface area contributed by atoms with Gasteiger partial charge in [-0.05, 0) is 19.3 Å². The normalized spacial score (nSPS) is 10.1. The van der Waals surface area contributed by atoms with E-state index < -0.39 is 0 Å². The van der Waals surface area contributed by atoms with Crippen molar-refractivity contribution in [3.8, 4) is 5.75 Å². The molecule has 1 aromatic heterocycles. The highest BCUT2D eigenvalue weighted by Gasteiger charge is 2.08. The van der Waals surface area contributed by atoms with Crippen LogP contribution in [0.15, 0.2) is 24.1 Å². The van der Waals surface area contributed by atoms with Gasteiger partial charge in [0.15, 0.2) is 5.78 Å². The summed E-state index contributed by atoms with van der Waals surface area (Å²) in [5.74, 6) is 1.01. The molecule has 0 aliphatic carbocycles. The number of rotatable bonds is 8. The number of ketones is 1. The Morgan fingerprint density at radius 2 is 2.31 bits per heavy atom. The second-order valence-electron chi connectivity index (χ2n) is 3.66. The number of Topliss-reactive ketones (excluding diaryl/α,β-unsaturated/α-hetero) is 1. The van der Waals surface area contributed by atoms with E-state index in [-0.39, 0.29) is 5.78 Å². The van der Waals surface area contributed by atoms with Gasteiger partial charge < -0.3 is 4.74 Å². The van der Waals surface area contributed by atoms with Gasteiger partial charge in [0.1, 0.15) is 5.75 Å². The fraction of sp³-hybridized carbons (Fsp3) is 0.462. The van der Waals surface area contributed by atoms with Gasteiger partial charge in [0.25, 0.3) is 0 Å². The Balaban J connectivity index is 2.26. The fourth-order valence-electron chi connectivity index (χ4n) is 1.45. The number of thiophene rings is 1. The maximum atomic E-state index is 11.7. The molecule has 1 rings (SSSR count). The molecular weight excluding hydrogens is 220 g/mol. The number of ether oxygens (including phenoxy) is 1. The van der Waals surface area contributed by atoms with E-state index >= 15 is 0 Å². The van der Waals surface area contributed by atoms with Gasteiger partial charge in [0.2, 0.25) is 0 Å². The molecule has 0 fully saturated rings. The minimum absolute atomic E-state index is 0.229. The van der Waals surface area contributed by atoms with Crippen molar-refractivity contribution >= 4 is 17.1 Å². The van der Waals surface area contributed by atoms with Crippen LogP contribution in [0.1, 0.15) is 41.8 Å². The SMILES string of the molecule is C=CCCCCCC(=O)c1cc(OC)cs1. The highest BCUT2D eigenvalue weighted by atomic mass is 32.1. The molecule has 0 N–H and O–H groups in total. The molecule has 0 aliphatic rings. The third-order valence-electron chi connectivity index (χ3n) is 2.40. The Kier molecular flexibility index (Phi) is 5.86. The predicted molar refractivity (Wildman–Crippen MR) is 68.5 cm³/mol. The summed E-state index contributed by atoms with van der Waals surface area (Å²) < 4.78 is 5.05. The Morgan fingerprint density at radius 1 is 1.50 bits per heavy atom. The lowest BCUT2D eigenvalue weighted by Crippen LogP contribution is -1.95. The molecule has 0 atom stereocenters. The van der Waals surface area contributed by atoms with E-state index in [0.29, 0.717) is 6.42 Å². The van der Waals surface area contributed by atoms with E-state index in [1.807, 2.05) is 17.5 Å². The molecule has 88 valence electrons. The second kappa shape index (κ2) is 7.23. The second-order valence-corrected chi connectivity index (χ2v) is 4.57. The Labute approximate surface area is 101 Å². The van der Waals surface area contributed by atoms with Gasteiger partial charge in [-0.1, -0.05) is 12.5 Å². The highest BCUT2D eigenvalue weighted by molar-refractivity contribution is 7.12. The lowest BCUT2D eigenvalue weighted by molar-refractivity contribution is 0.0983. The van der Waals surface area contributed by atoms with Crippen LogP contribution in [0.3, 0.4) is 0 Å². The van der Waals surface area contributed by atoms with Gasteiger partial charge in [-0.15, -0.1) is 17.9 Å². The summed E-state index contributed by atoms with van der Waals surface area (Å²) in [4.78, 5) is 12.5. The van der Waals surface area contributed by atoms with Gasteiger partial charge in [0, 0.05) is 17.9 Å². The van der Waals surface area contributed by atoms with Crippen LogP contribution in [-0.2, 0) is 0 Å². The molecule has 0 saturated heterocycles.